The van der Waals surface area contributed by atoms with Crippen molar-refractivity contribution in [3.63, 3.8) is 0 Å². The molecule has 0 bridgehead atoms. The zero-order valence-electron chi connectivity index (χ0n) is 7.73. The number of allylic oxidation sites excluding steroid dienone is 3. The molecule has 0 aromatic heterocycles. The Morgan fingerprint density at radius 1 is 1.33 bits per heavy atom. The second kappa shape index (κ2) is 3.34. The normalized spacial score (nSPS) is 22.2. The van der Waals surface area contributed by atoms with Crippen LogP contribution in [0.5, 0.6) is 0 Å². The lowest BCUT2D eigenvalue weighted by Gasteiger charge is -2.12. The maximum absolute atomic E-state index is 5.51. The molecule has 0 heterocycles. The van der Waals surface area contributed by atoms with Crippen LogP contribution in [0.4, 0.5) is 0 Å². The van der Waals surface area contributed by atoms with E-state index in [0.29, 0.717) is 0 Å². The largest absolute Gasteiger partial charge is 0.498 e. The van der Waals surface area contributed by atoms with Crippen LogP contribution in [0, 0.1) is 0 Å². The molecule has 0 fully saturated rings. The highest BCUT2D eigenvalue weighted by atomic mass is 16.5. The summed E-state index contributed by atoms with van der Waals surface area (Å²) in [6.45, 7) is 2.87. The van der Waals surface area contributed by atoms with E-state index in [-0.39, 0.29) is 0 Å². The van der Waals surface area contributed by atoms with Crippen LogP contribution in [-0.2, 0) is 4.74 Å². The third kappa shape index (κ3) is 1.40. The standard InChI is InChI=1S/C11H16O/c1-2-12-11-7-9-5-3-4-6-10(9)8-11/h7H,2-6,8H2,1H3. The third-order valence-corrected chi connectivity index (χ3v) is 2.68. The highest BCUT2D eigenvalue weighted by Gasteiger charge is 2.18. The Kier molecular flexibility index (Phi) is 2.20. The number of rotatable bonds is 2. The maximum atomic E-state index is 5.51. The minimum absolute atomic E-state index is 0.812. The molecule has 0 radical (unpaired) electrons. The van der Waals surface area contributed by atoms with E-state index in [1.807, 2.05) is 0 Å². The first-order valence-corrected chi connectivity index (χ1v) is 4.94. The molecule has 0 saturated heterocycles. The molecule has 1 heteroatoms. The van der Waals surface area contributed by atoms with E-state index in [4.69, 9.17) is 4.74 Å². The molecule has 0 amide bonds. The molecule has 0 aromatic rings. The van der Waals surface area contributed by atoms with Crippen molar-refractivity contribution in [2.45, 2.75) is 39.0 Å². The monoisotopic (exact) mass is 164 g/mol. The second-order valence-electron chi connectivity index (χ2n) is 3.56. The molecule has 1 nitrogen and oxygen atoms in total. The lowest BCUT2D eigenvalue weighted by atomic mass is 9.94. The summed E-state index contributed by atoms with van der Waals surface area (Å²) in [6.07, 6.45) is 8.70. The molecule has 0 atom stereocenters. The molecule has 0 spiro atoms. The molecular weight excluding hydrogens is 148 g/mol. The molecule has 66 valence electrons. The van der Waals surface area contributed by atoms with Gasteiger partial charge in [0.05, 0.1) is 6.61 Å². The maximum Gasteiger partial charge on any atom is 0.100 e. The van der Waals surface area contributed by atoms with Crippen LogP contribution in [0.25, 0.3) is 0 Å². The highest BCUT2D eigenvalue weighted by molar-refractivity contribution is 5.38. The predicted molar refractivity (Wildman–Crippen MR) is 49.8 cm³/mol. The van der Waals surface area contributed by atoms with Crippen molar-refractivity contribution in [3.8, 4) is 0 Å². The topological polar surface area (TPSA) is 9.23 Å². The highest BCUT2D eigenvalue weighted by Crippen LogP contribution is 2.36. The summed E-state index contributed by atoms with van der Waals surface area (Å²) in [7, 11) is 0. The van der Waals surface area contributed by atoms with E-state index >= 15 is 0 Å². The fourth-order valence-electron chi connectivity index (χ4n) is 2.10. The van der Waals surface area contributed by atoms with E-state index in [2.05, 4.69) is 13.0 Å². The summed E-state index contributed by atoms with van der Waals surface area (Å²) in [5, 5.41) is 0. The Morgan fingerprint density at radius 2 is 2.17 bits per heavy atom. The fourth-order valence-corrected chi connectivity index (χ4v) is 2.10. The van der Waals surface area contributed by atoms with E-state index in [1.54, 1.807) is 11.1 Å². The summed E-state index contributed by atoms with van der Waals surface area (Å²) in [4.78, 5) is 0. The van der Waals surface area contributed by atoms with Crippen molar-refractivity contribution in [1.29, 1.82) is 0 Å². The van der Waals surface area contributed by atoms with Crippen molar-refractivity contribution in [1.82, 2.24) is 0 Å². The van der Waals surface area contributed by atoms with Crippen molar-refractivity contribution < 1.29 is 4.74 Å². The van der Waals surface area contributed by atoms with Crippen LogP contribution >= 0.6 is 0 Å². The van der Waals surface area contributed by atoms with Gasteiger partial charge in [0.15, 0.2) is 0 Å². The number of ether oxygens (including phenoxy) is 1. The quantitative estimate of drug-likeness (QED) is 0.609. The Hall–Kier alpha value is -0.720. The van der Waals surface area contributed by atoms with Gasteiger partial charge < -0.3 is 4.74 Å². The van der Waals surface area contributed by atoms with Gasteiger partial charge in [-0.3, -0.25) is 0 Å². The average Bonchev–Trinajstić information content (AvgIpc) is 2.47. The summed E-state index contributed by atoms with van der Waals surface area (Å²) in [5.41, 5.74) is 3.22. The molecule has 2 aliphatic rings. The van der Waals surface area contributed by atoms with Gasteiger partial charge in [0.25, 0.3) is 0 Å². The molecule has 0 unspecified atom stereocenters. The van der Waals surface area contributed by atoms with Crippen LogP contribution in [0.15, 0.2) is 23.0 Å². The zero-order valence-corrected chi connectivity index (χ0v) is 7.73. The molecule has 0 N–H and O–H groups in total. The van der Waals surface area contributed by atoms with Crippen LogP contribution in [0.3, 0.4) is 0 Å². The van der Waals surface area contributed by atoms with Gasteiger partial charge in [-0.25, -0.2) is 0 Å². The summed E-state index contributed by atoms with van der Waals surface area (Å²) < 4.78 is 5.51. The Balaban J connectivity index is 2.03. The minimum Gasteiger partial charge on any atom is -0.498 e. The smallest absolute Gasteiger partial charge is 0.100 e. The third-order valence-electron chi connectivity index (χ3n) is 2.68. The van der Waals surface area contributed by atoms with E-state index in [1.165, 1.54) is 31.4 Å². The van der Waals surface area contributed by atoms with E-state index in [0.717, 1.165) is 13.0 Å². The first kappa shape index (κ1) is 7.90. The molecule has 0 aliphatic heterocycles. The molecular formula is C11H16O. The van der Waals surface area contributed by atoms with Gasteiger partial charge in [-0.15, -0.1) is 0 Å². The first-order chi connectivity index (χ1) is 5.90. The van der Waals surface area contributed by atoms with Gasteiger partial charge in [-0.2, -0.15) is 0 Å². The van der Waals surface area contributed by atoms with Gasteiger partial charge >= 0.3 is 0 Å². The van der Waals surface area contributed by atoms with Gasteiger partial charge in [0, 0.05) is 6.42 Å². The number of hydrogen-bond donors (Lipinski definition) is 0. The van der Waals surface area contributed by atoms with Crippen molar-refractivity contribution in [2.75, 3.05) is 6.61 Å². The molecule has 0 saturated carbocycles. The molecule has 2 rings (SSSR count). The summed E-state index contributed by atoms with van der Waals surface area (Å²) in [5.74, 6) is 1.20. The van der Waals surface area contributed by atoms with Crippen LogP contribution in [-0.4, -0.2) is 6.61 Å². The molecule has 2 aliphatic carbocycles. The van der Waals surface area contributed by atoms with Gasteiger partial charge in [-0.1, -0.05) is 5.57 Å². The molecule has 12 heavy (non-hydrogen) atoms. The Labute approximate surface area is 74.1 Å². The summed E-state index contributed by atoms with van der Waals surface area (Å²) >= 11 is 0. The second-order valence-corrected chi connectivity index (χ2v) is 3.56. The Morgan fingerprint density at radius 3 is 2.92 bits per heavy atom. The van der Waals surface area contributed by atoms with Crippen LogP contribution in [0.1, 0.15) is 39.0 Å². The minimum atomic E-state index is 0.812. The van der Waals surface area contributed by atoms with Crippen LogP contribution in [0.2, 0.25) is 0 Å². The van der Waals surface area contributed by atoms with Crippen molar-refractivity contribution in [2.24, 2.45) is 0 Å². The average molecular weight is 164 g/mol. The Bertz CT molecular complexity index is 235. The predicted octanol–water partition coefficient (Wildman–Crippen LogP) is 3.18. The van der Waals surface area contributed by atoms with Gasteiger partial charge in [0.1, 0.15) is 5.76 Å². The first-order valence-electron chi connectivity index (χ1n) is 4.94. The lowest BCUT2D eigenvalue weighted by Crippen LogP contribution is -1.94. The zero-order chi connectivity index (χ0) is 8.39. The van der Waals surface area contributed by atoms with Gasteiger partial charge in [0.2, 0.25) is 0 Å². The summed E-state index contributed by atoms with van der Waals surface area (Å²) in [6, 6.07) is 0. The fraction of sp³-hybridized carbons (Fsp3) is 0.636. The van der Waals surface area contributed by atoms with Crippen molar-refractivity contribution in [3.05, 3.63) is 23.0 Å². The lowest BCUT2D eigenvalue weighted by molar-refractivity contribution is 0.224. The van der Waals surface area contributed by atoms with Crippen LogP contribution < -0.4 is 0 Å². The molecule has 0 aromatic carbocycles. The van der Waals surface area contributed by atoms with Gasteiger partial charge in [-0.05, 0) is 44.3 Å². The SMILES string of the molecule is CCOC1=CC2=C(CCCC2)C1. The van der Waals surface area contributed by atoms with E-state index < -0.39 is 0 Å². The van der Waals surface area contributed by atoms with E-state index in [9.17, 15) is 0 Å². The number of hydrogen-bond acceptors (Lipinski definition) is 1. The van der Waals surface area contributed by atoms with Crippen molar-refractivity contribution >= 4 is 0 Å².